The van der Waals surface area contributed by atoms with E-state index < -0.39 is 0 Å². The smallest absolute Gasteiger partial charge is 0.129 e. The molecule has 1 aliphatic heterocycles. The number of carbonyl (C=O) groups excluding carboxylic acids is 1. The van der Waals surface area contributed by atoms with E-state index in [0.717, 1.165) is 67.7 Å². The van der Waals surface area contributed by atoms with Crippen LogP contribution in [-0.4, -0.2) is 45.7 Å². The zero-order valence-electron chi connectivity index (χ0n) is 26.0. The van der Waals surface area contributed by atoms with Crippen molar-refractivity contribution in [3.05, 3.63) is 52.7 Å². The molecule has 0 radical (unpaired) electrons. The Balaban J connectivity index is 0.000000197. The quantitative estimate of drug-likeness (QED) is 0.341. The zero-order valence-corrected chi connectivity index (χ0v) is 26.0. The minimum Gasteiger partial charge on any atom is -0.368 e. The third-order valence-corrected chi connectivity index (χ3v) is 7.51. The van der Waals surface area contributed by atoms with Crippen molar-refractivity contribution in [1.82, 2.24) is 20.1 Å². The summed E-state index contributed by atoms with van der Waals surface area (Å²) in [6, 6.07) is 5.75. The van der Waals surface area contributed by atoms with Crippen LogP contribution in [-0.2, 0) is 24.7 Å². The van der Waals surface area contributed by atoms with Gasteiger partial charge >= 0.3 is 0 Å². The van der Waals surface area contributed by atoms with Crippen LogP contribution in [0.1, 0.15) is 102 Å². The molecule has 1 aliphatic carbocycles. The topological polar surface area (TPSA) is 63.1 Å². The van der Waals surface area contributed by atoms with Gasteiger partial charge in [-0.25, -0.2) is 4.39 Å². The molecule has 0 atom stereocenters. The maximum absolute atomic E-state index is 13.3. The second-order valence-corrected chi connectivity index (χ2v) is 12.0. The molecule has 1 aromatic carbocycles. The molecular formula is C33H50FN5O. The summed E-state index contributed by atoms with van der Waals surface area (Å²) in [5.74, 6) is 0.861. The lowest BCUT2D eigenvalue weighted by Gasteiger charge is -2.41. The number of ketones is 1. The van der Waals surface area contributed by atoms with E-state index in [0.29, 0.717) is 0 Å². The summed E-state index contributed by atoms with van der Waals surface area (Å²) in [6.45, 7) is 17.9. The van der Waals surface area contributed by atoms with Gasteiger partial charge in [0, 0.05) is 79.3 Å². The normalized spacial score (nSPS) is 16.2. The van der Waals surface area contributed by atoms with E-state index >= 15 is 0 Å². The molecule has 0 amide bonds. The summed E-state index contributed by atoms with van der Waals surface area (Å²) < 4.78 is 15.0. The Bertz CT molecular complexity index is 1280. The van der Waals surface area contributed by atoms with E-state index in [2.05, 4.69) is 49.1 Å². The minimum absolute atomic E-state index is 0.159. The molecule has 6 nitrogen and oxygen atoms in total. The minimum atomic E-state index is -0.159. The van der Waals surface area contributed by atoms with Gasteiger partial charge in [-0.15, -0.1) is 0 Å². The van der Waals surface area contributed by atoms with E-state index in [1.54, 1.807) is 11.6 Å². The predicted molar refractivity (Wildman–Crippen MR) is 165 cm³/mol. The molecule has 40 heavy (non-hydrogen) atoms. The highest BCUT2D eigenvalue weighted by Gasteiger charge is 2.30. The van der Waals surface area contributed by atoms with Crippen LogP contribution in [0.2, 0.25) is 0 Å². The van der Waals surface area contributed by atoms with Crippen LogP contribution in [0.15, 0.2) is 24.4 Å². The third kappa shape index (κ3) is 8.85. The Hall–Kier alpha value is -2.80. The summed E-state index contributed by atoms with van der Waals surface area (Å²) in [4.78, 5) is 17.5. The highest BCUT2D eigenvalue weighted by Crippen LogP contribution is 2.41. The van der Waals surface area contributed by atoms with Gasteiger partial charge in [-0.1, -0.05) is 27.2 Å². The number of hydrogen-bond donors (Lipinski definition) is 1. The van der Waals surface area contributed by atoms with Gasteiger partial charge < -0.3 is 15.0 Å². The fourth-order valence-electron chi connectivity index (χ4n) is 5.32. The number of benzene rings is 1. The number of fused-ring (bicyclic) bond motifs is 1. The highest BCUT2D eigenvalue weighted by atomic mass is 19.1. The number of aromatic nitrogens is 3. The summed E-state index contributed by atoms with van der Waals surface area (Å²) in [5.41, 5.74) is 7.18. The molecular weight excluding hydrogens is 501 g/mol. The standard InChI is InChI=1S/C18H29N3.C10H11FN2.C5H10O/c1-5-6-15-13(2)20-16(14-7-8-14)11-17(15)21-10-9-19-18(3,4)12-21;1-3-7-4-8-6-13(2)12-10(8)5-9(7)11;1-3-4-5(2)6/h11,14,19H,5-10,12H2,1-4H3;4-6H,3H2,1-2H3;3-4H2,1-2H3. The maximum atomic E-state index is 13.3. The Morgan fingerprint density at radius 1 is 1.15 bits per heavy atom. The molecule has 0 bridgehead atoms. The highest BCUT2D eigenvalue weighted by molar-refractivity contribution is 5.79. The number of carbonyl (C=O) groups is 1. The number of aryl methyl sites for hydroxylation is 3. The first-order valence-electron chi connectivity index (χ1n) is 15.1. The van der Waals surface area contributed by atoms with Gasteiger partial charge in [-0.2, -0.15) is 5.10 Å². The van der Waals surface area contributed by atoms with Crippen LogP contribution in [0.25, 0.3) is 10.9 Å². The molecule has 2 aliphatic rings. The van der Waals surface area contributed by atoms with Gasteiger partial charge in [0.25, 0.3) is 0 Å². The van der Waals surface area contributed by atoms with Crippen molar-refractivity contribution in [3.63, 3.8) is 0 Å². The molecule has 1 saturated heterocycles. The molecule has 2 aromatic heterocycles. The zero-order chi connectivity index (χ0) is 29.4. The first-order chi connectivity index (χ1) is 19.0. The molecule has 3 heterocycles. The largest absolute Gasteiger partial charge is 0.368 e. The molecule has 0 unspecified atom stereocenters. The van der Waals surface area contributed by atoms with Gasteiger partial charge in [0.1, 0.15) is 11.6 Å². The van der Waals surface area contributed by atoms with Crippen LogP contribution in [0.3, 0.4) is 0 Å². The van der Waals surface area contributed by atoms with Crippen molar-refractivity contribution in [2.75, 3.05) is 24.5 Å². The van der Waals surface area contributed by atoms with Gasteiger partial charge in [0.05, 0.1) is 5.52 Å². The molecule has 5 rings (SSSR count). The molecule has 220 valence electrons. The van der Waals surface area contributed by atoms with E-state index in [1.165, 1.54) is 48.0 Å². The lowest BCUT2D eigenvalue weighted by Crippen LogP contribution is -2.57. The van der Waals surface area contributed by atoms with Crippen LogP contribution in [0, 0.1) is 12.7 Å². The van der Waals surface area contributed by atoms with E-state index in [-0.39, 0.29) is 17.1 Å². The van der Waals surface area contributed by atoms with Crippen molar-refractivity contribution in [1.29, 1.82) is 0 Å². The summed E-state index contributed by atoms with van der Waals surface area (Å²) in [5, 5.41) is 8.74. The summed E-state index contributed by atoms with van der Waals surface area (Å²) in [6.07, 6.45) is 9.31. The number of anilines is 1. The number of rotatable bonds is 7. The predicted octanol–water partition coefficient (Wildman–Crippen LogP) is 7.06. The van der Waals surface area contributed by atoms with Gasteiger partial charge in [-0.05, 0) is 83.1 Å². The molecule has 2 fully saturated rings. The number of hydrogen-bond acceptors (Lipinski definition) is 5. The number of halogens is 1. The second kappa shape index (κ2) is 14.2. The third-order valence-electron chi connectivity index (χ3n) is 7.51. The van der Waals surface area contributed by atoms with E-state index in [9.17, 15) is 9.18 Å². The Morgan fingerprint density at radius 3 is 2.42 bits per heavy atom. The Labute approximate surface area is 240 Å². The number of nitrogens with zero attached hydrogens (tertiary/aromatic N) is 4. The number of nitrogens with one attached hydrogen (secondary N) is 1. The van der Waals surface area contributed by atoms with Crippen molar-refractivity contribution < 1.29 is 9.18 Å². The van der Waals surface area contributed by atoms with Crippen LogP contribution in [0.4, 0.5) is 10.1 Å². The van der Waals surface area contributed by atoms with Gasteiger partial charge in [0.2, 0.25) is 0 Å². The number of pyridine rings is 1. The first-order valence-corrected chi connectivity index (χ1v) is 15.1. The van der Waals surface area contributed by atoms with Gasteiger partial charge in [0.15, 0.2) is 0 Å². The fourth-order valence-corrected chi connectivity index (χ4v) is 5.32. The van der Waals surface area contributed by atoms with E-state index in [1.807, 2.05) is 33.2 Å². The SMILES string of the molecule is CCCC(C)=O.CCCc1c(N2CCNC(C)(C)C2)cc(C2CC2)nc1C.CCc1cc2cn(C)nc2cc1F. The number of piperazine rings is 1. The molecule has 1 saturated carbocycles. The lowest BCUT2D eigenvalue weighted by molar-refractivity contribution is -0.117. The average molecular weight is 552 g/mol. The second-order valence-electron chi connectivity index (χ2n) is 12.0. The van der Waals surface area contributed by atoms with Crippen molar-refractivity contribution in [2.24, 2.45) is 7.05 Å². The van der Waals surface area contributed by atoms with Crippen molar-refractivity contribution in [3.8, 4) is 0 Å². The van der Waals surface area contributed by atoms with Crippen LogP contribution in [0.5, 0.6) is 0 Å². The first kappa shape index (κ1) is 31.7. The summed E-state index contributed by atoms with van der Waals surface area (Å²) in [7, 11) is 1.84. The monoisotopic (exact) mass is 551 g/mol. The van der Waals surface area contributed by atoms with Crippen LogP contribution < -0.4 is 10.2 Å². The lowest BCUT2D eigenvalue weighted by atomic mass is 9.98. The van der Waals surface area contributed by atoms with Crippen molar-refractivity contribution >= 4 is 22.4 Å². The summed E-state index contributed by atoms with van der Waals surface area (Å²) >= 11 is 0. The molecule has 1 N–H and O–H groups in total. The van der Waals surface area contributed by atoms with Crippen molar-refractivity contribution in [2.45, 2.75) is 105 Å². The fraction of sp³-hybridized carbons (Fsp3) is 0.606. The molecule has 7 heteroatoms. The maximum Gasteiger partial charge on any atom is 0.129 e. The average Bonchev–Trinajstić information content (AvgIpc) is 3.66. The van der Waals surface area contributed by atoms with Crippen LogP contribution >= 0.6 is 0 Å². The number of Topliss-reactive ketones (excluding diaryl/α,β-unsaturated/α-hetero) is 1. The Morgan fingerprint density at radius 2 is 1.88 bits per heavy atom. The molecule has 0 spiro atoms. The van der Waals surface area contributed by atoms with Gasteiger partial charge in [-0.3, -0.25) is 9.67 Å². The Kier molecular flexibility index (Phi) is 11.3. The molecule has 3 aromatic rings. The van der Waals surface area contributed by atoms with E-state index in [4.69, 9.17) is 4.98 Å².